The van der Waals surface area contributed by atoms with E-state index in [0.29, 0.717) is 13.1 Å². The Labute approximate surface area is 262 Å². The van der Waals surface area contributed by atoms with E-state index in [1.807, 2.05) is 0 Å². The number of rotatable bonds is 6. The third kappa shape index (κ3) is 11.3. The number of nitrogens with zero attached hydrogens (tertiary/aromatic N) is 4. The topological polar surface area (TPSA) is 323 Å². The van der Waals surface area contributed by atoms with E-state index < -0.39 is 24.0 Å². The van der Waals surface area contributed by atoms with Crippen molar-refractivity contribution in [3.63, 3.8) is 0 Å². The van der Waals surface area contributed by atoms with Gasteiger partial charge in [0.25, 0.3) is 11.8 Å². The van der Waals surface area contributed by atoms with E-state index >= 15 is 0 Å². The Morgan fingerprint density at radius 2 is 1.13 bits per heavy atom. The minimum Gasteiger partial charge on any atom is -0.475 e. The first-order valence-corrected chi connectivity index (χ1v) is 13.4. The highest BCUT2D eigenvalue weighted by Crippen LogP contribution is 2.28. The number of nitrogens with one attached hydrogen (secondary N) is 6. The fourth-order valence-electron chi connectivity index (χ4n) is 3.92. The Balaban J connectivity index is 0.000000900. The molecule has 18 nitrogen and oxygen atoms in total. The first-order valence-electron chi connectivity index (χ1n) is 12.6. The van der Waals surface area contributed by atoms with Crippen LogP contribution in [0.2, 0.25) is 10.3 Å². The zero-order valence-corrected chi connectivity index (χ0v) is 24.6. The van der Waals surface area contributed by atoms with Crippen LogP contribution in [-0.2, 0) is 4.79 Å². The van der Waals surface area contributed by atoms with Crippen LogP contribution in [0.3, 0.4) is 0 Å². The average molecular weight is 681 g/mol. The lowest BCUT2D eigenvalue weighted by Gasteiger charge is -2.30. The highest BCUT2D eigenvalue weighted by molar-refractivity contribution is 6.32. The van der Waals surface area contributed by atoms with Crippen molar-refractivity contribution in [2.24, 2.45) is 11.8 Å². The summed E-state index contributed by atoms with van der Waals surface area (Å²) in [5.74, 6) is -4.84. The summed E-state index contributed by atoms with van der Waals surface area (Å²) in [6.07, 6.45) is -1.47. The van der Waals surface area contributed by atoms with Crippen LogP contribution >= 0.6 is 23.2 Å². The Morgan fingerprint density at radius 3 is 1.47 bits per heavy atom. The van der Waals surface area contributed by atoms with Crippen molar-refractivity contribution in [2.75, 3.05) is 36.0 Å². The predicted octanol–water partition coefficient (Wildman–Crippen LogP) is 0.550. The fourth-order valence-corrected chi connectivity index (χ4v) is 4.17. The molecule has 0 aliphatic heterocycles. The molecule has 1 aliphatic carbocycles. The number of halogens is 5. The maximum Gasteiger partial charge on any atom is 0.490 e. The van der Waals surface area contributed by atoms with Gasteiger partial charge in [0.2, 0.25) is 0 Å². The highest BCUT2D eigenvalue weighted by Gasteiger charge is 2.38. The molecule has 23 heteroatoms. The van der Waals surface area contributed by atoms with Crippen molar-refractivity contribution in [2.45, 2.75) is 31.9 Å². The number of hydrogen-bond donors (Lipinski definition) is 11. The summed E-state index contributed by atoms with van der Waals surface area (Å²) in [6.45, 7) is 0.895. The predicted molar refractivity (Wildman–Crippen MR) is 157 cm³/mol. The molecule has 1 saturated carbocycles. The number of aliphatic carboxylic acids is 1. The molecule has 2 aromatic rings. The van der Waals surface area contributed by atoms with Crippen LogP contribution in [0.15, 0.2) is 0 Å². The minimum atomic E-state index is -5.08. The molecular formula is C22H29Cl2F3N14O4. The van der Waals surface area contributed by atoms with Crippen molar-refractivity contribution in [1.82, 2.24) is 41.2 Å². The van der Waals surface area contributed by atoms with Crippen LogP contribution in [0.25, 0.3) is 0 Å². The number of hydrogen-bond acceptors (Lipinski definition) is 13. The average Bonchev–Trinajstić information content (AvgIpc) is 2.94. The summed E-state index contributed by atoms with van der Waals surface area (Å²) in [7, 11) is 0. The zero-order valence-electron chi connectivity index (χ0n) is 23.1. The quantitative estimate of drug-likeness (QED) is 0.147. The summed E-state index contributed by atoms with van der Waals surface area (Å²) in [5, 5.41) is 33.3. The molecule has 0 bridgehead atoms. The fraction of sp³-hybridized carbons (Fsp3) is 0.409. The van der Waals surface area contributed by atoms with Gasteiger partial charge in [-0.25, -0.2) is 24.7 Å². The molecule has 246 valence electrons. The van der Waals surface area contributed by atoms with Gasteiger partial charge in [-0.05, 0) is 31.1 Å². The highest BCUT2D eigenvalue weighted by atomic mass is 35.5. The second-order valence-corrected chi connectivity index (χ2v) is 10.1. The lowest BCUT2D eigenvalue weighted by molar-refractivity contribution is -0.192. The van der Waals surface area contributed by atoms with Gasteiger partial charge in [-0.1, -0.05) is 29.6 Å². The molecule has 2 unspecified atom stereocenters. The van der Waals surface area contributed by atoms with Gasteiger partial charge in [-0.15, -0.1) is 0 Å². The Morgan fingerprint density at radius 1 is 0.778 bits per heavy atom. The SMILES string of the molecule is N=C(NCC1CCCC(CNC(=N)NC(=O)c2nc(Cl)c(N)nc2N)C1)NC(=O)c1nc(Cl)c(N)nc1N.O=C(O)C(F)(F)F. The smallest absolute Gasteiger partial charge is 0.475 e. The number of amides is 2. The molecule has 45 heavy (non-hydrogen) atoms. The van der Waals surface area contributed by atoms with Gasteiger partial charge in [-0.2, -0.15) is 13.2 Å². The number of nitrogen functional groups attached to an aromatic ring is 4. The second kappa shape index (κ2) is 15.7. The number of nitrogens with two attached hydrogens (primary N) is 4. The molecule has 2 atom stereocenters. The molecule has 0 spiro atoms. The first kappa shape index (κ1) is 36.3. The van der Waals surface area contributed by atoms with Crippen LogP contribution in [0.5, 0.6) is 0 Å². The van der Waals surface area contributed by atoms with Gasteiger partial charge in [0.15, 0.2) is 56.9 Å². The normalized spacial score (nSPS) is 15.9. The molecule has 1 aliphatic rings. The molecule has 0 saturated heterocycles. The molecule has 2 aromatic heterocycles. The summed E-state index contributed by atoms with van der Waals surface area (Å²) in [5.41, 5.74) is 21.9. The number of anilines is 4. The maximum atomic E-state index is 12.4. The number of aromatic nitrogens is 4. The van der Waals surface area contributed by atoms with E-state index in [0.717, 1.165) is 25.7 Å². The summed E-state index contributed by atoms with van der Waals surface area (Å²) >= 11 is 11.6. The van der Waals surface area contributed by atoms with Gasteiger partial charge >= 0.3 is 12.1 Å². The van der Waals surface area contributed by atoms with Crippen molar-refractivity contribution in [3.05, 3.63) is 21.7 Å². The number of carbonyl (C=O) groups excluding carboxylic acids is 2. The molecule has 15 N–H and O–H groups in total. The van der Waals surface area contributed by atoms with Gasteiger partial charge in [-0.3, -0.25) is 31.0 Å². The number of carboxylic acid groups (broad SMARTS) is 1. The summed E-state index contributed by atoms with van der Waals surface area (Å²) in [4.78, 5) is 48.7. The molecule has 2 heterocycles. The Hall–Kier alpha value is -4.92. The van der Waals surface area contributed by atoms with Gasteiger partial charge < -0.3 is 38.7 Å². The second-order valence-electron chi connectivity index (χ2n) is 9.39. The lowest BCUT2D eigenvalue weighted by Crippen LogP contribution is -2.44. The van der Waals surface area contributed by atoms with E-state index in [-0.39, 0.29) is 68.7 Å². The van der Waals surface area contributed by atoms with Crippen LogP contribution in [0.4, 0.5) is 36.4 Å². The van der Waals surface area contributed by atoms with Crippen LogP contribution in [0, 0.1) is 22.7 Å². The summed E-state index contributed by atoms with van der Waals surface area (Å²) < 4.78 is 31.7. The van der Waals surface area contributed by atoms with E-state index in [4.69, 9.17) is 66.9 Å². The minimum absolute atomic E-state index is 0.0986. The first-order chi connectivity index (χ1) is 20.9. The van der Waals surface area contributed by atoms with Crippen molar-refractivity contribution in [1.29, 1.82) is 10.8 Å². The van der Waals surface area contributed by atoms with E-state index in [1.165, 1.54) is 0 Å². The van der Waals surface area contributed by atoms with Gasteiger partial charge in [0, 0.05) is 13.1 Å². The monoisotopic (exact) mass is 680 g/mol. The number of guanidine groups is 2. The maximum absolute atomic E-state index is 12.4. The van der Waals surface area contributed by atoms with Crippen LogP contribution < -0.4 is 44.2 Å². The van der Waals surface area contributed by atoms with E-state index in [1.54, 1.807) is 0 Å². The lowest BCUT2D eigenvalue weighted by atomic mass is 9.81. The molecule has 0 aromatic carbocycles. The molecule has 3 rings (SSSR count). The van der Waals surface area contributed by atoms with E-state index in [2.05, 4.69) is 41.2 Å². The number of carbonyl (C=O) groups is 3. The van der Waals surface area contributed by atoms with Crippen molar-refractivity contribution >= 4 is 76.2 Å². The Kier molecular flexibility index (Phi) is 12.7. The number of carboxylic acids is 1. The third-order valence-electron chi connectivity index (χ3n) is 5.99. The standard InChI is InChI=1S/C20H28Cl2N14O2.C2HF3O2/c21-11-15(25)33-13(23)9(31-11)17(37)35-19(27)29-5-7-2-1-3-8(4-7)6-30-20(28)36-18(38)10-14(24)34-16(26)12(22)32-10;3-2(4,5)1(6)7/h7-8H,1-6H2,(H4,23,25,33)(H4,24,26,34)(H3,27,29,35,37)(H3,28,30,36,38);(H,6,7). The van der Waals surface area contributed by atoms with Gasteiger partial charge in [0.05, 0.1) is 0 Å². The zero-order chi connectivity index (χ0) is 34.1. The molecule has 1 fully saturated rings. The number of alkyl halides is 3. The van der Waals surface area contributed by atoms with E-state index in [9.17, 15) is 22.8 Å². The van der Waals surface area contributed by atoms with Crippen LogP contribution in [0.1, 0.15) is 46.7 Å². The van der Waals surface area contributed by atoms with Crippen molar-refractivity contribution < 1.29 is 32.7 Å². The molecule has 0 radical (unpaired) electrons. The van der Waals surface area contributed by atoms with Crippen LogP contribution in [-0.4, -0.2) is 74.0 Å². The molecular weight excluding hydrogens is 652 g/mol. The Bertz CT molecular complexity index is 1370. The largest absolute Gasteiger partial charge is 0.490 e. The molecule has 2 amide bonds. The summed E-state index contributed by atoms with van der Waals surface area (Å²) in [6, 6.07) is 0. The van der Waals surface area contributed by atoms with Gasteiger partial charge in [0.1, 0.15) is 0 Å². The third-order valence-corrected chi connectivity index (χ3v) is 6.54. The van der Waals surface area contributed by atoms with Crippen molar-refractivity contribution in [3.8, 4) is 0 Å².